The Labute approximate surface area is 71.9 Å². The number of pyridine rings is 1. The van der Waals surface area contributed by atoms with Gasteiger partial charge in [0.15, 0.2) is 0 Å². The van der Waals surface area contributed by atoms with Crippen LogP contribution >= 0.6 is 0 Å². The third kappa shape index (κ3) is 1.62. The predicted molar refractivity (Wildman–Crippen MR) is 48.8 cm³/mol. The molecule has 12 heavy (non-hydrogen) atoms. The molecule has 2 N–H and O–H groups in total. The largest absolute Gasteiger partial charge is 0.495 e. The van der Waals surface area contributed by atoms with Gasteiger partial charge >= 0.3 is 0 Å². The van der Waals surface area contributed by atoms with Gasteiger partial charge in [-0.25, -0.2) is 0 Å². The van der Waals surface area contributed by atoms with Gasteiger partial charge in [0.05, 0.1) is 19.0 Å². The predicted octanol–water partition coefficient (Wildman–Crippen LogP) is 1.19. The molecule has 1 heterocycles. The van der Waals surface area contributed by atoms with E-state index in [-0.39, 0.29) is 0 Å². The van der Waals surface area contributed by atoms with E-state index in [1.54, 1.807) is 19.4 Å². The molecule has 0 amide bonds. The fourth-order valence-corrected chi connectivity index (χ4v) is 0.949. The van der Waals surface area contributed by atoms with Crippen LogP contribution in [-0.2, 0) is 6.54 Å². The van der Waals surface area contributed by atoms with Gasteiger partial charge in [-0.1, -0.05) is 12.7 Å². The van der Waals surface area contributed by atoms with E-state index >= 15 is 0 Å². The first kappa shape index (κ1) is 8.74. The molecule has 1 aromatic rings. The summed E-state index contributed by atoms with van der Waals surface area (Å²) in [6.07, 6.45) is 3.37. The Hall–Kier alpha value is -1.35. The van der Waals surface area contributed by atoms with Crippen LogP contribution < -0.4 is 10.5 Å². The summed E-state index contributed by atoms with van der Waals surface area (Å²) in [6, 6.07) is 1.86. The first-order valence-electron chi connectivity index (χ1n) is 3.67. The summed E-state index contributed by atoms with van der Waals surface area (Å²) >= 11 is 0. The van der Waals surface area contributed by atoms with E-state index in [9.17, 15) is 0 Å². The zero-order valence-electron chi connectivity index (χ0n) is 7.08. The topological polar surface area (TPSA) is 48.1 Å². The Kier molecular flexibility index (Phi) is 2.82. The van der Waals surface area contributed by atoms with E-state index < -0.39 is 0 Å². The second-order valence-electron chi connectivity index (χ2n) is 2.32. The number of nitrogens with two attached hydrogens (primary N) is 1. The number of hydrogen-bond donors (Lipinski definition) is 1. The highest BCUT2D eigenvalue weighted by molar-refractivity contribution is 5.51. The molecule has 0 aliphatic carbocycles. The van der Waals surface area contributed by atoms with Gasteiger partial charge in [-0.05, 0) is 6.07 Å². The monoisotopic (exact) mass is 164 g/mol. The van der Waals surface area contributed by atoms with Gasteiger partial charge in [-0.2, -0.15) is 0 Å². The van der Waals surface area contributed by atoms with Crippen molar-refractivity contribution in [1.82, 2.24) is 4.98 Å². The molecule has 1 rings (SSSR count). The Balaban J connectivity index is 3.10. The van der Waals surface area contributed by atoms with Gasteiger partial charge < -0.3 is 10.5 Å². The third-order valence-corrected chi connectivity index (χ3v) is 1.63. The molecule has 64 valence electrons. The van der Waals surface area contributed by atoms with Crippen molar-refractivity contribution in [2.45, 2.75) is 6.54 Å². The Morgan fingerprint density at radius 3 is 3.00 bits per heavy atom. The number of nitrogens with zero attached hydrogens (tertiary/aromatic N) is 1. The molecule has 0 fully saturated rings. The number of hydrogen-bond acceptors (Lipinski definition) is 3. The molecule has 0 atom stereocenters. The van der Waals surface area contributed by atoms with Crippen LogP contribution in [0.1, 0.15) is 11.3 Å². The van der Waals surface area contributed by atoms with Gasteiger partial charge in [-0.15, -0.1) is 0 Å². The van der Waals surface area contributed by atoms with Crippen LogP contribution in [0.3, 0.4) is 0 Å². The van der Waals surface area contributed by atoms with Gasteiger partial charge in [0, 0.05) is 12.1 Å². The minimum absolute atomic E-state index is 0.422. The van der Waals surface area contributed by atoms with Gasteiger partial charge in [0.1, 0.15) is 5.75 Å². The highest BCUT2D eigenvalue weighted by Crippen LogP contribution is 2.15. The number of ether oxygens (including phenoxy) is 1. The summed E-state index contributed by atoms with van der Waals surface area (Å²) in [7, 11) is 1.60. The van der Waals surface area contributed by atoms with Crippen molar-refractivity contribution < 1.29 is 4.74 Å². The summed E-state index contributed by atoms with van der Waals surface area (Å²) in [5.41, 5.74) is 7.23. The number of rotatable bonds is 3. The summed E-state index contributed by atoms with van der Waals surface area (Å²) in [5, 5.41) is 0. The van der Waals surface area contributed by atoms with Crippen molar-refractivity contribution in [2.75, 3.05) is 7.11 Å². The summed E-state index contributed by atoms with van der Waals surface area (Å²) < 4.78 is 5.01. The molecule has 0 saturated heterocycles. The normalized spacial score (nSPS) is 9.50. The van der Waals surface area contributed by atoms with E-state index in [4.69, 9.17) is 10.5 Å². The lowest BCUT2D eigenvalue weighted by Crippen LogP contribution is -2.02. The second kappa shape index (κ2) is 3.88. The van der Waals surface area contributed by atoms with Crippen molar-refractivity contribution in [3.8, 4) is 5.75 Å². The fourth-order valence-electron chi connectivity index (χ4n) is 0.949. The highest BCUT2D eigenvalue weighted by atomic mass is 16.5. The molecule has 1 aromatic heterocycles. The molecule has 3 nitrogen and oxygen atoms in total. The average Bonchev–Trinajstić information content (AvgIpc) is 2.16. The van der Waals surface area contributed by atoms with Crippen molar-refractivity contribution in [1.29, 1.82) is 0 Å². The van der Waals surface area contributed by atoms with Gasteiger partial charge in [-0.3, -0.25) is 4.98 Å². The Bertz CT molecular complexity index is 284. The van der Waals surface area contributed by atoms with E-state index in [2.05, 4.69) is 11.6 Å². The quantitative estimate of drug-likeness (QED) is 0.730. The minimum atomic E-state index is 0.422. The molecule has 0 aliphatic heterocycles. The zero-order valence-corrected chi connectivity index (χ0v) is 7.08. The van der Waals surface area contributed by atoms with Crippen LogP contribution in [0.5, 0.6) is 5.75 Å². The molecule has 0 aliphatic rings. The zero-order chi connectivity index (χ0) is 8.97. The summed E-state index contributed by atoms with van der Waals surface area (Å²) in [6.45, 7) is 4.09. The van der Waals surface area contributed by atoms with E-state index in [0.29, 0.717) is 6.54 Å². The summed E-state index contributed by atoms with van der Waals surface area (Å²) in [5.74, 6) is 0.724. The van der Waals surface area contributed by atoms with E-state index in [0.717, 1.165) is 17.0 Å². The number of aromatic nitrogens is 1. The maximum absolute atomic E-state index is 5.47. The van der Waals surface area contributed by atoms with Gasteiger partial charge in [0.25, 0.3) is 0 Å². The first-order chi connectivity index (χ1) is 5.81. The maximum Gasteiger partial charge on any atom is 0.137 e. The molecule has 3 heteroatoms. The molecular formula is C9H12N2O. The van der Waals surface area contributed by atoms with Gasteiger partial charge in [0.2, 0.25) is 0 Å². The lowest BCUT2D eigenvalue weighted by molar-refractivity contribution is 0.412. The molecule has 0 spiro atoms. The van der Waals surface area contributed by atoms with E-state index in [1.165, 1.54) is 0 Å². The molecular weight excluding hydrogens is 152 g/mol. The van der Waals surface area contributed by atoms with Crippen molar-refractivity contribution in [3.05, 3.63) is 30.1 Å². The molecule has 0 radical (unpaired) electrons. The Morgan fingerprint density at radius 1 is 1.75 bits per heavy atom. The van der Waals surface area contributed by atoms with Crippen LogP contribution in [0.4, 0.5) is 0 Å². The standard InChI is InChI=1S/C9H12N2O/c1-3-7-4-8(12-2)6-11-9(7)5-10/h3-4,6H,1,5,10H2,2H3. The maximum atomic E-state index is 5.47. The van der Waals surface area contributed by atoms with Crippen molar-refractivity contribution in [3.63, 3.8) is 0 Å². The van der Waals surface area contributed by atoms with Crippen LogP contribution in [0.25, 0.3) is 6.08 Å². The van der Waals surface area contributed by atoms with E-state index in [1.807, 2.05) is 6.07 Å². The van der Waals surface area contributed by atoms with Crippen LogP contribution in [0.15, 0.2) is 18.8 Å². The molecule has 0 aromatic carbocycles. The molecule has 0 unspecified atom stereocenters. The Morgan fingerprint density at radius 2 is 2.50 bits per heavy atom. The van der Waals surface area contributed by atoms with Crippen LogP contribution in [-0.4, -0.2) is 12.1 Å². The first-order valence-corrected chi connectivity index (χ1v) is 3.67. The fraction of sp³-hybridized carbons (Fsp3) is 0.222. The third-order valence-electron chi connectivity index (χ3n) is 1.63. The van der Waals surface area contributed by atoms with Crippen LogP contribution in [0.2, 0.25) is 0 Å². The highest BCUT2D eigenvalue weighted by Gasteiger charge is 2.00. The smallest absolute Gasteiger partial charge is 0.137 e. The lowest BCUT2D eigenvalue weighted by atomic mass is 10.2. The molecule has 0 saturated carbocycles. The molecule has 0 bridgehead atoms. The average molecular weight is 164 g/mol. The van der Waals surface area contributed by atoms with Crippen LogP contribution in [0, 0.1) is 0 Å². The minimum Gasteiger partial charge on any atom is -0.495 e. The lowest BCUT2D eigenvalue weighted by Gasteiger charge is -2.04. The SMILES string of the molecule is C=Cc1cc(OC)cnc1CN. The van der Waals surface area contributed by atoms with Crippen molar-refractivity contribution >= 4 is 6.08 Å². The number of methoxy groups -OCH3 is 1. The summed E-state index contributed by atoms with van der Waals surface area (Å²) in [4.78, 5) is 4.12. The second-order valence-corrected chi connectivity index (χ2v) is 2.32. The van der Waals surface area contributed by atoms with Crippen molar-refractivity contribution in [2.24, 2.45) is 5.73 Å².